The number of carbonyl (C=O) groups excluding carboxylic acids is 1. The van der Waals surface area contributed by atoms with Crippen molar-refractivity contribution in [2.45, 2.75) is 56.8 Å². The standard InChI is InChI=1S/C11H19FN2O/c12-8-4-3-6-9(8)14-10-5-1-2-7-13-11(10)15/h8-10,14H,1-7H2,(H,13,15). The molecule has 15 heavy (non-hydrogen) atoms. The molecular weight excluding hydrogens is 195 g/mol. The fraction of sp³-hybridized carbons (Fsp3) is 0.909. The minimum absolute atomic E-state index is 0.0478. The van der Waals surface area contributed by atoms with E-state index in [0.717, 1.165) is 38.6 Å². The van der Waals surface area contributed by atoms with Crippen molar-refractivity contribution < 1.29 is 9.18 Å². The third-order valence-electron chi connectivity index (χ3n) is 3.38. The Morgan fingerprint density at radius 2 is 2.07 bits per heavy atom. The van der Waals surface area contributed by atoms with Gasteiger partial charge in [0.15, 0.2) is 0 Å². The first-order chi connectivity index (χ1) is 7.27. The molecule has 1 aliphatic carbocycles. The van der Waals surface area contributed by atoms with Crippen molar-refractivity contribution in [2.24, 2.45) is 0 Å². The number of alkyl halides is 1. The quantitative estimate of drug-likeness (QED) is 0.723. The Labute approximate surface area is 89.8 Å². The number of hydrogen-bond donors (Lipinski definition) is 2. The van der Waals surface area contributed by atoms with Crippen LogP contribution in [0.2, 0.25) is 0 Å². The summed E-state index contributed by atoms with van der Waals surface area (Å²) in [6.45, 7) is 0.765. The Hall–Kier alpha value is -0.640. The van der Waals surface area contributed by atoms with E-state index in [1.54, 1.807) is 0 Å². The molecule has 1 heterocycles. The molecule has 2 aliphatic rings. The maximum Gasteiger partial charge on any atom is 0.237 e. The van der Waals surface area contributed by atoms with Crippen LogP contribution in [-0.2, 0) is 4.79 Å². The van der Waals surface area contributed by atoms with Gasteiger partial charge in [0.2, 0.25) is 5.91 Å². The van der Waals surface area contributed by atoms with Crippen LogP contribution in [-0.4, -0.2) is 30.7 Å². The minimum Gasteiger partial charge on any atom is -0.355 e. The second kappa shape index (κ2) is 4.92. The maximum absolute atomic E-state index is 13.4. The van der Waals surface area contributed by atoms with Crippen LogP contribution < -0.4 is 10.6 Å². The molecule has 2 fully saturated rings. The van der Waals surface area contributed by atoms with Crippen LogP contribution >= 0.6 is 0 Å². The summed E-state index contributed by atoms with van der Waals surface area (Å²) in [6, 6.07) is -0.271. The molecule has 0 aromatic heterocycles. The summed E-state index contributed by atoms with van der Waals surface area (Å²) in [5, 5.41) is 6.03. The number of carbonyl (C=O) groups is 1. The maximum atomic E-state index is 13.4. The fourth-order valence-corrected chi connectivity index (χ4v) is 2.46. The minimum atomic E-state index is -0.763. The third kappa shape index (κ3) is 2.68. The fourth-order valence-electron chi connectivity index (χ4n) is 2.46. The van der Waals surface area contributed by atoms with E-state index in [1.165, 1.54) is 0 Å². The Balaban J connectivity index is 1.88. The summed E-state index contributed by atoms with van der Waals surface area (Å²) in [4.78, 5) is 11.6. The van der Waals surface area contributed by atoms with Crippen molar-refractivity contribution in [3.8, 4) is 0 Å². The first-order valence-electron chi connectivity index (χ1n) is 5.95. The number of hydrogen-bond acceptors (Lipinski definition) is 2. The van der Waals surface area contributed by atoms with Crippen LogP contribution in [0.15, 0.2) is 0 Å². The van der Waals surface area contributed by atoms with Crippen molar-refractivity contribution in [1.82, 2.24) is 10.6 Å². The van der Waals surface area contributed by atoms with E-state index < -0.39 is 6.17 Å². The van der Waals surface area contributed by atoms with Crippen molar-refractivity contribution >= 4 is 5.91 Å². The van der Waals surface area contributed by atoms with Gasteiger partial charge >= 0.3 is 0 Å². The van der Waals surface area contributed by atoms with E-state index in [1.807, 2.05) is 0 Å². The zero-order chi connectivity index (χ0) is 10.7. The number of amides is 1. The van der Waals surface area contributed by atoms with Gasteiger partial charge in [0, 0.05) is 12.6 Å². The highest BCUT2D eigenvalue weighted by molar-refractivity contribution is 5.81. The second-order valence-electron chi connectivity index (χ2n) is 4.56. The predicted octanol–water partition coefficient (Wildman–Crippen LogP) is 1.14. The summed E-state index contributed by atoms with van der Waals surface area (Å²) < 4.78 is 13.4. The topological polar surface area (TPSA) is 41.1 Å². The molecule has 1 saturated heterocycles. The van der Waals surface area contributed by atoms with Gasteiger partial charge in [-0.1, -0.05) is 0 Å². The van der Waals surface area contributed by atoms with Gasteiger partial charge < -0.3 is 10.6 Å². The molecule has 0 bridgehead atoms. The van der Waals surface area contributed by atoms with Crippen LogP contribution in [0.3, 0.4) is 0 Å². The summed E-state index contributed by atoms with van der Waals surface area (Å²) in [5.74, 6) is 0.0478. The molecule has 0 spiro atoms. The monoisotopic (exact) mass is 214 g/mol. The van der Waals surface area contributed by atoms with Crippen LogP contribution in [0.25, 0.3) is 0 Å². The Kier molecular flexibility index (Phi) is 3.57. The molecule has 4 heteroatoms. The molecule has 3 nitrogen and oxygen atoms in total. The first-order valence-corrected chi connectivity index (χ1v) is 5.95. The molecule has 1 amide bonds. The number of halogens is 1. The van der Waals surface area contributed by atoms with Crippen molar-refractivity contribution in [2.75, 3.05) is 6.54 Å². The lowest BCUT2D eigenvalue weighted by atomic mass is 10.1. The van der Waals surface area contributed by atoms with Crippen molar-refractivity contribution in [3.05, 3.63) is 0 Å². The van der Waals surface area contributed by atoms with Crippen molar-refractivity contribution in [1.29, 1.82) is 0 Å². The summed E-state index contributed by atoms with van der Waals surface area (Å²) in [7, 11) is 0. The summed E-state index contributed by atoms with van der Waals surface area (Å²) >= 11 is 0. The highest BCUT2D eigenvalue weighted by Gasteiger charge is 2.31. The molecular formula is C11H19FN2O. The largest absolute Gasteiger partial charge is 0.355 e. The van der Waals surface area contributed by atoms with Gasteiger partial charge in [0.25, 0.3) is 0 Å². The molecule has 1 aliphatic heterocycles. The zero-order valence-corrected chi connectivity index (χ0v) is 8.97. The van der Waals surface area contributed by atoms with Crippen LogP contribution in [0.4, 0.5) is 4.39 Å². The first kappa shape index (κ1) is 10.9. The van der Waals surface area contributed by atoms with Gasteiger partial charge in [-0.15, -0.1) is 0 Å². The molecule has 3 atom stereocenters. The van der Waals surface area contributed by atoms with Crippen LogP contribution in [0, 0.1) is 0 Å². The van der Waals surface area contributed by atoms with Gasteiger partial charge in [-0.2, -0.15) is 0 Å². The van der Waals surface area contributed by atoms with E-state index >= 15 is 0 Å². The Morgan fingerprint density at radius 3 is 2.80 bits per heavy atom. The average molecular weight is 214 g/mol. The van der Waals surface area contributed by atoms with E-state index in [2.05, 4.69) is 10.6 Å². The number of rotatable bonds is 2. The lowest BCUT2D eigenvalue weighted by Gasteiger charge is -2.21. The highest BCUT2D eigenvalue weighted by Crippen LogP contribution is 2.23. The van der Waals surface area contributed by atoms with E-state index in [-0.39, 0.29) is 18.0 Å². The molecule has 2 N–H and O–H groups in total. The number of nitrogens with one attached hydrogen (secondary N) is 2. The zero-order valence-electron chi connectivity index (χ0n) is 8.97. The Bertz CT molecular complexity index is 235. The molecule has 0 aromatic carbocycles. The smallest absolute Gasteiger partial charge is 0.237 e. The summed E-state index contributed by atoms with van der Waals surface area (Å²) in [6.07, 6.45) is 4.61. The Morgan fingerprint density at radius 1 is 1.20 bits per heavy atom. The van der Waals surface area contributed by atoms with Crippen LogP contribution in [0.1, 0.15) is 38.5 Å². The molecule has 2 rings (SSSR count). The third-order valence-corrected chi connectivity index (χ3v) is 3.38. The van der Waals surface area contributed by atoms with Gasteiger partial charge in [0.1, 0.15) is 6.17 Å². The summed E-state index contributed by atoms with van der Waals surface area (Å²) in [5.41, 5.74) is 0. The van der Waals surface area contributed by atoms with E-state index in [0.29, 0.717) is 6.42 Å². The van der Waals surface area contributed by atoms with Gasteiger partial charge in [-0.25, -0.2) is 4.39 Å². The molecule has 0 aromatic rings. The molecule has 3 unspecified atom stereocenters. The highest BCUT2D eigenvalue weighted by atomic mass is 19.1. The van der Waals surface area contributed by atoms with Crippen molar-refractivity contribution in [3.63, 3.8) is 0 Å². The molecule has 0 radical (unpaired) electrons. The normalized spacial score (nSPS) is 37.4. The molecule has 86 valence electrons. The van der Waals surface area contributed by atoms with Crippen LogP contribution in [0.5, 0.6) is 0 Å². The van der Waals surface area contributed by atoms with Gasteiger partial charge in [-0.3, -0.25) is 4.79 Å². The molecule has 1 saturated carbocycles. The van der Waals surface area contributed by atoms with E-state index in [9.17, 15) is 9.18 Å². The lowest BCUT2D eigenvalue weighted by molar-refractivity contribution is -0.123. The second-order valence-corrected chi connectivity index (χ2v) is 4.56. The predicted molar refractivity (Wildman–Crippen MR) is 56.3 cm³/mol. The van der Waals surface area contributed by atoms with Gasteiger partial charge in [-0.05, 0) is 38.5 Å². The van der Waals surface area contributed by atoms with Gasteiger partial charge in [0.05, 0.1) is 6.04 Å². The lowest BCUT2D eigenvalue weighted by Crippen LogP contribution is -2.48. The average Bonchev–Trinajstić information content (AvgIpc) is 2.50. The van der Waals surface area contributed by atoms with E-state index in [4.69, 9.17) is 0 Å². The SMILES string of the molecule is O=C1NCCCCC1NC1CCCC1F.